The second-order valence-corrected chi connectivity index (χ2v) is 3.58. The molecule has 0 unspecified atom stereocenters. The Labute approximate surface area is 109 Å². The summed E-state index contributed by atoms with van der Waals surface area (Å²) in [6, 6.07) is 6.26. The average Bonchev–Trinajstić information content (AvgIpc) is 2.28. The number of halogens is 1. The van der Waals surface area contributed by atoms with E-state index < -0.39 is 11.6 Å². The normalized spacial score (nSPS) is 9.89. The van der Waals surface area contributed by atoms with E-state index in [2.05, 4.69) is 0 Å². The van der Waals surface area contributed by atoms with Gasteiger partial charge in [-0.15, -0.1) is 0 Å². The summed E-state index contributed by atoms with van der Waals surface area (Å²) in [6.45, 7) is 1.61. The predicted octanol–water partition coefficient (Wildman–Crippen LogP) is -2.03. The SMILES string of the molecule is Cc1cc(=O)oc2cc(OC(=O)CN)ccc12.[Cl-]. The summed E-state index contributed by atoms with van der Waals surface area (Å²) >= 11 is 0. The van der Waals surface area contributed by atoms with Gasteiger partial charge in [0, 0.05) is 17.5 Å². The monoisotopic (exact) mass is 268 g/mol. The highest BCUT2D eigenvalue weighted by Gasteiger charge is 2.06. The third-order valence-corrected chi connectivity index (χ3v) is 2.32. The molecule has 0 aliphatic carbocycles. The molecule has 0 aliphatic rings. The van der Waals surface area contributed by atoms with Crippen LogP contribution in [0.3, 0.4) is 0 Å². The fraction of sp³-hybridized carbons (Fsp3) is 0.167. The van der Waals surface area contributed by atoms with Crippen LogP contribution in [0, 0.1) is 6.92 Å². The van der Waals surface area contributed by atoms with Crippen LogP contribution in [-0.2, 0) is 4.79 Å². The van der Waals surface area contributed by atoms with Gasteiger partial charge in [-0.2, -0.15) is 0 Å². The van der Waals surface area contributed by atoms with Crippen LogP contribution >= 0.6 is 0 Å². The fourth-order valence-corrected chi connectivity index (χ4v) is 1.54. The number of carbonyl (C=O) groups is 1. The summed E-state index contributed by atoms with van der Waals surface area (Å²) in [4.78, 5) is 22.2. The van der Waals surface area contributed by atoms with E-state index in [1.54, 1.807) is 12.1 Å². The fourth-order valence-electron chi connectivity index (χ4n) is 1.54. The molecule has 0 bridgehead atoms. The lowest BCUT2D eigenvalue weighted by Crippen LogP contribution is -3.00. The molecule has 0 amide bonds. The number of rotatable bonds is 2. The van der Waals surface area contributed by atoms with Crippen LogP contribution in [0.5, 0.6) is 5.75 Å². The summed E-state index contributed by atoms with van der Waals surface area (Å²) in [5.74, 6) is -0.235. The van der Waals surface area contributed by atoms with Gasteiger partial charge in [-0.25, -0.2) is 4.79 Å². The summed E-state index contributed by atoms with van der Waals surface area (Å²) in [7, 11) is 0. The molecule has 5 nitrogen and oxygen atoms in total. The van der Waals surface area contributed by atoms with Crippen molar-refractivity contribution in [3.8, 4) is 5.75 Å². The maximum atomic E-state index is 11.2. The van der Waals surface area contributed by atoms with Crippen LogP contribution in [0.25, 0.3) is 11.0 Å². The first-order chi connectivity index (χ1) is 8.10. The summed E-state index contributed by atoms with van der Waals surface area (Å²) in [5.41, 5.74) is 5.90. The molecule has 0 fully saturated rings. The Morgan fingerprint density at radius 1 is 1.39 bits per heavy atom. The second kappa shape index (κ2) is 5.66. The Morgan fingerprint density at radius 3 is 2.78 bits per heavy atom. The highest BCUT2D eigenvalue weighted by atomic mass is 35.5. The van der Waals surface area contributed by atoms with Gasteiger partial charge in [0.1, 0.15) is 11.3 Å². The predicted molar refractivity (Wildman–Crippen MR) is 61.9 cm³/mol. The first-order valence-corrected chi connectivity index (χ1v) is 5.05. The van der Waals surface area contributed by atoms with Gasteiger partial charge in [0.25, 0.3) is 0 Å². The number of esters is 1. The minimum absolute atomic E-state index is 0. The summed E-state index contributed by atoms with van der Waals surface area (Å²) in [6.07, 6.45) is 0. The van der Waals surface area contributed by atoms with Crippen molar-refractivity contribution in [2.45, 2.75) is 6.92 Å². The molecular weight excluding hydrogens is 258 g/mol. The Kier molecular flexibility index (Phi) is 4.47. The average molecular weight is 269 g/mol. The third kappa shape index (κ3) is 2.88. The van der Waals surface area contributed by atoms with Crippen LogP contribution in [0.15, 0.2) is 33.5 Å². The van der Waals surface area contributed by atoms with Gasteiger partial charge in [0.05, 0.1) is 6.54 Å². The van der Waals surface area contributed by atoms with Crippen molar-refractivity contribution in [3.05, 3.63) is 40.2 Å². The number of aryl methyl sites for hydroxylation is 1. The van der Waals surface area contributed by atoms with Crippen molar-refractivity contribution >= 4 is 16.9 Å². The maximum absolute atomic E-state index is 11.2. The van der Waals surface area contributed by atoms with Crippen molar-refractivity contribution in [1.29, 1.82) is 0 Å². The van der Waals surface area contributed by atoms with Gasteiger partial charge in [0.15, 0.2) is 0 Å². The first-order valence-electron chi connectivity index (χ1n) is 5.05. The van der Waals surface area contributed by atoms with Gasteiger partial charge in [-0.3, -0.25) is 4.79 Å². The van der Waals surface area contributed by atoms with Crippen LogP contribution in [0.1, 0.15) is 5.56 Å². The number of ether oxygens (including phenoxy) is 1. The highest BCUT2D eigenvalue weighted by molar-refractivity contribution is 5.82. The van der Waals surface area contributed by atoms with E-state index in [4.69, 9.17) is 14.9 Å². The number of fused-ring (bicyclic) bond motifs is 1. The molecule has 0 aliphatic heterocycles. The molecule has 0 radical (unpaired) electrons. The lowest BCUT2D eigenvalue weighted by molar-refractivity contribution is -0.132. The minimum atomic E-state index is -0.542. The van der Waals surface area contributed by atoms with Crippen LogP contribution in [0.4, 0.5) is 0 Å². The number of hydrogen-bond acceptors (Lipinski definition) is 5. The van der Waals surface area contributed by atoms with Gasteiger partial charge < -0.3 is 27.3 Å². The summed E-state index contributed by atoms with van der Waals surface area (Å²) < 4.78 is 9.95. The lowest BCUT2D eigenvalue weighted by atomic mass is 10.1. The molecule has 96 valence electrons. The molecular formula is C12H11ClNO4-. The smallest absolute Gasteiger partial charge is 0.336 e. The molecule has 0 spiro atoms. The van der Waals surface area contributed by atoms with E-state index >= 15 is 0 Å². The summed E-state index contributed by atoms with van der Waals surface area (Å²) in [5, 5.41) is 0.803. The molecule has 0 atom stereocenters. The quantitative estimate of drug-likeness (QED) is 0.386. The van der Waals surface area contributed by atoms with Crippen molar-refractivity contribution in [1.82, 2.24) is 0 Å². The minimum Gasteiger partial charge on any atom is -1.00 e. The molecule has 0 saturated heterocycles. The van der Waals surface area contributed by atoms with E-state index in [-0.39, 0.29) is 19.0 Å². The third-order valence-electron chi connectivity index (χ3n) is 2.32. The molecule has 2 aromatic rings. The van der Waals surface area contributed by atoms with Gasteiger partial charge in [-0.05, 0) is 24.6 Å². The molecule has 2 rings (SSSR count). The maximum Gasteiger partial charge on any atom is 0.336 e. The first kappa shape index (κ1) is 14.2. The molecule has 2 N–H and O–H groups in total. The number of carbonyl (C=O) groups excluding carboxylic acids is 1. The zero-order valence-corrected chi connectivity index (χ0v) is 10.4. The topological polar surface area (TPSA) is 82.5 Å². The van der Waals surface area contributed by atoms with E-state index in [1.807, 2.05) is 6.92 Å². The Morgan fingerprint density at radius 2 is 2.11 bits per heavy atom. The van der Waals surface area contributed by atoms with Crippen molar-refractivity contribution in [2.24, 2.45) is 5.73 Å². The zero-order valence-electron chi connectivity index (χ0n) is 9.60. The molecule has 1 aromatic heterocycles. The Bertz CT molecular complexity index is 636. The van der Waals surface area contributed by atoms with Crippen molar-refractivity contribution in [2.75, 3.05) is 6.54 Å². The van der Waals surface area contributed by atoms with Gasteiger partial charge >= 0.3 is 11.6 Å². The number of benzene rings is 1. The van der Waals surface area contributed by atoms with Gasteiger partial charge in [-0.1, -0.05) is 0 Å². The van der Waals surface area contributed by atoms with Crippen LogP contribution in [0.2, 0.25) is 0 Å². The Balaban J connectivity index is 0.00000162. The Hall–Kier alpha value is -1.85. The molecule has 18 heavy (non-hydrogen) atoms. The number of hydrogen-bond donors (Lipinski definition) is 1. The van der Waals surface area contributed by atoms with Crippen LogP contribution in [-0.4, -0.2) is 12.5 Å². The lowest BCUT2D eigenvalue weighted by Gasteiger charge is -2.04. The highest BCUT2D eigenvalue weighted by Crippen LogP contribution is 2.22. The number of nitrogens with two attached hydrogens (primary N) is 1. The van der Waals surface area contributed by atoms with E-state index in [0.29, 0.717) is 11.3 Å². The van der Waals surface area contributed by atoms with Crippen molar-refractivity contribution < 1.29 is 26.4 Å². The molecule has 6 heteroatoms. The molecule has 1 heterocycles. The largest absolute Gasteiger partial charge is 1.00 e. The van der Waals surface area contributed by atoms with E-state index in [1.165, 1.54) is 12.1 Å². The molecule has 1 aromatic carbocycles. The van der Waals surface area contributed by atoms with Gasteiger partial charge in [0.2, 0.25) is 0 Å². The van der Waals surface area contributed by atoms with Crippen molar-refractivity contribution in [3.63, 3.8) is 0 Å². The molecule has 0 saturated carbocycles. The standard InChI is InChI=1S/C12H11NO4.ClH/c1-7-4-11(14)17-10-5-8(2-3-9(7)10)16-12(15)6-13;/h2-5H,6,13H2,1H3;1H/p-1. The second-order valence-electron chi connectivity index (χ2n) is 3.58. The van der Waals surface area contributed by atoms with E-state index in [0.717, 1.165) is 10.9 Å². The van der Waals surface area contributed by atoms with Crippen LogP contribution < -0.4 is 28.5 Å². The zero-order chi connectivity index (χ0) is 12.4. The van der Waals surface area contributed by atoms with E-state index in [9.17, 15) is 9.59 Å².